The highest BCUT2D eigenvalue weighted by Crippen LogP contribution is 2.03. The van der Waals surface area contributed by atoms with Gasteiger partial charge in [0, 0.05) is 13.0 Å². The zero-order chi connectivity index (χ0) is 24.8. The molecule has 3 amide bonds. The van der Waals surface area contributed by atoms with Crippen LogP contribution in [0, 0.1) is 0 Å². The summed E-state index contributed by atoms with van der Waals surface area (Å²) in [7, 11) is 0. The number of aliphatic imine (C=N–C) groups is 1. The van der Waals surface area contributed by atoms with Crippen LogP contribution in [0.3, 0.4) is 0 Å². The Morgan fingerprint density at radius 3 is 1.97 bits per heavy atom. The topological polar surface area (TPSA) is 273 Å². The fourth-order valence-electron chi connectivity index (χ4n) is 2.30. The Morgan fingerprint density at radius 1 is 0.906 bits per heavy atom. The van der Waals surface area contributed by atoms with Crippen LogP contribution >= 0.6 is 0 Å². The Kier molecular flexibility index (Phi) is 13.0. The van der Waals surface area contributed by atoms with Gasteiger partial charge < -0.3 is 48.5 Å². The molecule has 0 aliphatic carbocycles. The highest BCUT2D eigenvalue weighted by Gasteiger charge is 2.29. The van der Waals surface area contributed by atoms with E-state index in [0.29, 0.717) is 0 Å². The third-order valence-corrected chi connectivity index (χ3v) is 4.13. The van der Waals surface area contributed by atoms with Crippen molar-refractivity contribution in [1.82, 2.24) is 16.0 Å². The van der Waals surface area contributed by atoms with E-state index >= 15 is 0 Å². The van der Waals surface area contributed by atoms with E-state index in [1.54, 1.807) is 0 Å². The standard InChI is InChI=1S/C17H31N7O8/c1-8(16(31)32)22-15(30)11(7-25)24-14(29)10(3-2-6-21-17(19)20)23-13(28)9(18)4-5-12(26)27/h8-11,25H,2-7,18H2,1H3,(H,22,30)(H,23,28)(H,24,29)(H,26,27)(H,31,32)(H4,19,20,21). The van der Waals surface area contributed by atoms with Crippen molar-refractivity contribution in [2.45, 2.75) is 56.8 Å². The minimum atomic E-state index is -1.48. The van der Waals surface area contributed by atoms with Crippen molar-refractivity contribution in [2.75, 3.05) is 13.2 Å². The lowest BCUT2D eigenvalue weighted by Gasteiger charge is -2.23. The second kappa shape index (κ2) is 14.5. The fraction of sp³-hybridized carbons (Fsp3) is 0.647. The molecule has 0 radical (unpaired) electrons. The predicted molar refractivity (Wildman–Crippen MR) is 111 cm³/mol. The number of hydrogen-bond donors (Lipinski definition) is 9. The number of hydrogen-bond acceptors (Lipinski definition) is 8. The number of nitrogens with zero attached hydrogens (tertiary/aromatic N) is 1. The number of rotatable bonds is 15. The molecule has 0 heterocycles. The van der Waals surface area contributed by atoms with Gasteiger partial charge in [0.15, 0.2) is 5.96 Å². The van der Waals surface area contributed by atoms with Gasteiger partial charge >= 0.3 is 11.9 Å². The van der Waals surface area contributed by atoms with E-state index in [2.05, 4.69) is 20.9 Å². The summed E-state index contributed by atoms with van der Waals surface area (Å²) in [6.45, 7) is 0.492. The van der Waals surface area contributed by atoms with Crippen molar-refractivity contribution in [3.05, 3.63) is 0 Å². The summed E-state index contributed by atoms with van der Waals surface area (Å²) >= 11 is 0. The lowest BCUT2D eigenvalue weighted by Crippen LogP contribution is -2.57. The average molecular weight is 461 g/mol. The van der Waals surface area contributed by atoms with Gasteiger partial charge in [-0.1, -0.05) is 0 Å². The molecule has 0 saturated heterocycles. The molecular formula is C17H31N7O8. The van der Waals surface area contributed by atoms with Crippen molar-refractivity contribution in [3.63, 3.8) is 0 Å². The summed E-state index contributed by atoms with van der Waals surface area (Å²) < 4.78 is 0. The van der Waals surface area contributed by atoms with E-state index < -0.39 is 60.4 Å². The second-order valence-corrected chi connectivity index (χ2v) is 6.86. The van der Waals surface area contributed by atoms with Gasteiger partial charge in [-0.25, -0.2) is 0 Å². The summed E-state index contributed by atoms with van der Waals surface area (Å²) in [4.78, 5) is 62.2. The molecule has 4 atom stereocenters. The normalized spacial score (nSPS) is 14.2. The second-order valence-electron chi connectivity index (χ2n) is 6.86. The minimum absolute atomic E-state index is 0.0191. The monoisotopic (exact) mass is 461 g/mol. The number of carboxylic acids is 2. The van der Waals surface area contributed by atoms with Gasteiger partial charge in [0.2, 0.25) is 17.7 Å². The highest BCUT2D eigenvalue weighted by atomic mass is 16.4. The highest BCUT2D eigenvalue weighted by molar-refractivity contribution is 5.94. The van der Waals surface area contributed by atoms with Crippen molar-refractivity contribution < 1.29 is 39.3 Å². The van der Waals surface area contributed by atoms with E-state index in [4.69, 9.17) is 27.4 Å². The molecule has 15 nitrogen and oxygen atoms in total. The Morgan fingerprint density at radius 2 is 1.47 bits per heavy atom. The number of aliphatic hydroxyl groups excluding tert-OH is 1. The molecule has 0 aromatic rings. The molecule has 0 spiro atoms. The van der Waals surface area contributed by atoms with Gasteiger partial charge in [0.25, 0.3) is 0 Å². The van der Waals surface area contributed by atoms with E-state index in [1.807, 2.05) is 0 Å². The van der Waals surface area contributed by atoms with E-state index in [1.165, 1.54) is 6.92 Å². The Hall–Kier alpha value is -3.46. The maximum Gasteiger partial charge on any atom is 0.325 e. The SMILES string of the molecule is CC(NC(=O)C(CO)NC(=O)C(CCCN=C(N)N)NC(=O)C(N)CCC(=O)O)C(=O)O. The van der Waals surface area contributed by atoms with Crippen LogP contribution in [-0.2, 0) is 24.0 Å². The summed E-state index contributed by atoms with van der Waals surface area (Å²) in [6.07, 6.45) is -0.263. The number of amides is 3. The van der Waals surface area contributed by atoms with E-state index in [0.717, 1.165) is 0 Å². The van der Waals surface area contributed by atoms with Crippen LogP contribution in [0.4, 0.5) is 0 Å². The molecule has 15 heteroatoms. The van der Waals surface area contributed by atoms with Gasteiger partial charge in [-0.2, -0.15) is 0 Å². The van der Waals surface area contributed by atoms with Crippen LogP contribution in [0.15, 0.2) is 4.99 Å². The first-order valence-electron chi connectivity index (χ1n) is 9.66. The van der Waals surface area contributed by atoms with Gasteiger partial charge in [0.1, 0.15) is 18.1 Å². The molecule has 0 bridgehead atoms. The van der Waals surface area contributed by atoms with Crippen LogP contribution in [0.5, 0.6) is 0 Å². The van der Waals surface area contributed by atoms with Crippen molar-refractivity contribution in [3.8, 4) is 0 Å². The molecular weight excluding hydrogens is 430 g/mol. The number of aliphatic carboxylic acids is 2. The van der Waals surface area contributed by atoms with Crippen LogP contribution in [0.1, 0.15) is 32.6 Å². The zero-order valence-electron chi connectivity index (χ0n) is 17.6. The maximum atomic E-state index is 12.6. The molecule has 0 aliphatic heterocycles. The fourth-order valence-corrected chi connectivity index (χ4v) is 2.30. The number of aliphatic hydroxyl groups is 1. The van der Waals surface area contributed by atoms with E-state index in [9.17, 15) is 29.1 Å². The summed E-state index contributed by atoms with van der Waals surface area (Å²) in [5.41, 5.74) is 16.1. The smallest absolute Gasteiger partial charge is 0.325 e. The molecule has 0 aromatic carbocycles. The summed E-state index contributed by atoms with van der Waals surface area (Å²) in [6, 6.07) is -5.17. The average Bonchev–Trinajstić information content (AvgIpc) is 2.71. The van der Waals surface area contributed by atoms with Gasteiger partial charge in [0.05, 0.1) is 12.6 Å². The third-order valence-electron chi connectivity index (χ3n) is 4.13. The quantitative estimate of drug-likeness (QED) is 0.0640. The van der Waals surface area contributed by atoms with Crippen LogP contribution in [-0.4, -0.2) is 88.3 Å². The predicted octanol–water partition coefficient (Wildman–Crippen LogP) is -4.22. The van der Waals surface area contributed by atoms with Crippen LogP contribution in [0.25, 0.3) is 0 Å². The molecule has 0 aliphatic rings. The lowest BCUT2D eigenvalue weighted by molar-refractivity contribution is -0.142. The van der Waals surface area contributed by atoms with E-state index in [-0.39, 0.29) is 38.2 Å². The number of nitrogens with one attached hydrogen (secondary N) is 3. The number of carbonyl (C=O) groups excluding carboxylic acids is 3. The Balaban J connectivity index is 5.22. The lowest BCUT2D eigenvalue weighted by atomic mass is 10.1. The maximum absolute atomic E-state index is 12.6. The minimum Gasteiger partial charge on any atom is -0.481 e. The summed E-state index contributed by atoms with van der Waals surface area (Å²) in [5.74, 6) is -5.23. The van der Waals surface area contributed by atoms with Crippen molar-refractivity contribution >= 4 is 35.6 Å². The first-order valence-corrected chi connectivity index (χ1v) is 9.66. The van der Waals surface area contributed by atoms with Gasteiger partial charge in [-0.3, -0.25) is 29.0 Å². The van der Waals surface area contributed by atoms with Gasteiger partial charge in [-0.05, 0) is 26.2 Å². The van der Waals surface area contributed by atoms with Crippen LogP contribution in [0.2, 0.25) is 0 Å². The molecule has 182 valence electrons. The Bertz CT molecular complexity index is 711. The molecule has 0 rings (SSSR count). The molecule has 0 saturated carbocycles. The Labute approximate surface area is 183 Å². The molecule has 4 unspecified atom stereocenters. The molecule has 0 aromatic heterocycles. The molecule has 0 fully saturated rings. The number of nitrogens with two attached hydrogens (primary N) is 3. The number of carboxylic acid groups (broad SMARTS) is 2. The first-order chi connectivity index (χ1) is 14.9. The first kappa shape index (κ1) is 28.5. The largest absolute Gasteiger partial charge is 0.481 e. The van der Waals surface area contributed by atoms with Gasteiger partial charge in [-0.15, -0.1) is 0 Å². The number of guanidine groups is 1. The molecule has 12 N–H and O–H groups in total. The summed E-state index contributed by atoms with van der Waals surface area (Å²) in [5, 5.41) is 33.7. The van der Waals surface area contributed by atoms with Crippen LogP contribution < -0.4 is 33.2 Å². The molecule has 32 heavy (non-hydrogen) atoms. The van der Waals surface area contributed by atoms with Crippen molar-refractivity contribution in [2.24, 2.45) is 22.2 Å². The third kappa shape index (κ3) is 11.7. The van der Waals surface area contributed by atoms with Crippen molar-refractivity contribution in [1.29, 1.82) is 0 Å². The number of carbonyl (C=O) groups is 5. The zero-order valence-corrected chi connectivity index (χ0v) is 17.6.